The van der Waals surface area contributed by atoms with Crippen molar-refractivity contribution in [1.82, 2.24) is 0 Å². The van der Waals surface area contributed by atoms with E-state index in [1.54, 1.807) is 6.92 Å². The summed E-state index contributed by atoms with van der Waals surface area (Å²) >= 11 is 0. The van der Waals surface area contributed by atoms with E-state index in [1.807, 2.05) is 6.92 Å². The fourth-order valence-corrected chi connectivity index (χ4v) is 5.01. The summed E-state index contributed by atoms with van der Waals surface area (Å²) in [4.78, 5) is 0. The van der Waals surface area contributed by atoms with Crippen LogP contribution < -0.4 is 4.74 Å². The molecule has 1 nitrogen and oxygen atoms in total. The molecular formula is C30H28F8O. The number of fused-ring (bicyclic) bond motifs is 3. The lowest BCUT2D eigenvalue weighted by Gasteiger charge is -2.36. The summed E-state index contributed by atoms with van der Waals surface area (Å²) in [6, 6.07) is 7.57. The minimum atomic E-state index is -5.19. The molecule has 3 aromatic rings. The lowest BCUT2D eigenvalue weighted by Crippen LogP contribution is -2.41. The van der Waals surface area contributed by atoms with Gasteiger partial charge in [-0.25, -0.2) is 13.2 Å². The summed E-state index contributed by atoms with van der Waals surface area (Å²) < 4.78 is 127. The van der Waals surface area contributed by atoms with Crippen LogP contribution in [0.25, 0.3) is 11.1 Å². The number of benzene rings is 3. The second-order valence-electron chi connectivity index (χ2n) is 9.95. The molecule has 3 aromatic carbocycles. The van der Waals surface area contributed by atoms with E-state index in [2.05, 4.69) is 0 Å². The third-order valence-electron chi connectivity index (χ3n) is 7.05. The van der Waals surface area contributed by atoms with Gasteiger partial charge in [-0.3, -0.25) is 0 Å². The second kappa shape index (κ2) is 10.5. The monoisotopic (exact) mass is 556 g/mol. The number of hydrogen-bond acceptors (Lipinski definition) is 1. The zero-order valence-corrected chi connectivity index (χ0v) is 21.7. The Hall–Kier alpha value is -3.10. The molecule has 0 bridgehead atoms. The van der Waals surface area contributed by atoms with Crippen molar-refractivity contribution in [2.45, 2.75) is 77.0 Å². The molecule has 0 heterocycles. The Morgan fingerprint density at radius 1 is 0.744 bits per heavy atom. The highest BCUT2D eigenvalue weighted by Crippen LogP contribution is 2.60. The number of aryl methyl sites for hydroxylation is 2. The van der Waals surface area contributed by atoms with E-state index in [9.17, 15) is 4.39 Å². The van der Waals surface area contributed by atoms with E-state index in [0.29, 0.717) is 18.4 Å². The van der Waals surface area contributed by atoms with Gasteiger partial charge in [0.15, 0.2) is 11.6 Å². The predicted octanol–water partition coefficient (Wildman–Crippen LogP) is 9.87. The molecule has 0 aromatic heterocycles. The van der Waals surface area contributed by atoms with Crippen LogP contribution in [0.1, 0.15) is 74.3 Å². The first-order valence-corrected chi connectivity index (χ1v) is 12.9. The number of rotatable bonds is 9. The highest BCUT2D eigenvalue weighted by Gasteiger charge is 2.65. The van der Waals surface area contributed by atoms with E-state index in [1.165, 1.54) is 12.1 Å². The van der Waals surface area contributed by atoms with Gasteiger partial charge in [0.25, 0.3) is 5.85 Å². The summed E-state index contributed by atoms with van der Waals surface area (Å²) in [5.74, 6) is -18.9. The molecule has 0 spiro atoms. The second-order valence-corrected chi connectivity index (χ2v) is 9.95. The van der Waals surface area contributed by atoms with Crippen molar-refractivity contribution in [2.75, 3.05) is 0 Å². The Balaban J connectivity index is 1.76. The maximum Gasteiger partial charge on any atom is 0.343 e. The summed E-state index contributed by atoms with van der Waals surface area (Å²) in [5.41, 5.74) is -4.71. The van der Waals surface area contributed by atoms with Crippen LogP contribution in [0.5, 0.6) is 5.75 Å². The topological polar surface area (TPSA) is 9.23 Å². The van der Waals surface area contributed by atoms with Crippen LogP contribution in [-0.2, 0) is 30.5 Å². The maximum atomic E-state index is 15.6. The zero-order valence-electron chi connectivity index (χ0n) is 21.7. The van der Waals surface area contributed by atoms with E-state index < -0.39 is 68.7 Å². The van der Waals surface area contributed by atoms with E-state index >= 15 is 30.7 Å². The number of ether oxygens (including phenoxy) is 1. The molecule has 0 N–H and O–H groups in total. The number of alkyl halides is 5. The van der Waals surface area contributed by atoms with Crippen molar-refractivity contribution < 1.29 is 39.9 Å². The van der Waals surface area contributed by atoms with Crippen LogP contribution >= 0.6 is 0 Å². The largest absolute Gasteiger partial charge is 0.451 e. The van der Waals surface area contributed by atoms with E-state index in [4.69, 9.17) is 4.74 Å². The average molecular weight is 557 g/mol. The van der Waals surface area contributed by atoms with E-state index in [-0.39, 0.29) is 12.0 Å². The molecule has 0 amide bonds. The van der Waals surface area contributed by atoms with Crippen molar-refractivity contribution in [3.63, 3.8) is 0 Å². The minimum absolute atomic E-state index is 0.0418. The van der Waals surface area contributed by atoms with Crippen LogP contribution in [0.2, 0.25) is 0 Å². The van der Waals surface area contributed by atoms with Gasteiger partial charge in [-0.1, -0.05) is 51.3 Å². The fourth-order valence-electron chi connectivity index (χ4n) is 5.01. The molecule has 0 fully saturated rings. The zero-order chi connectivity index (χ0) is 28.8. The molecule has 4 rings (SSSR count). The third kappa shape index (κ3) is 4.89. The maximum absolute atomic E-state index is 15.6. The Morgan fingerprint density at radius 3 is 1.95 bits per heavy atom. The predicted molar refractivity (Wildman–Crippen MR) is 132 cm³/mol. The lowest BCUT2D eigenvalue weighted by atomic mass is 9.78. The molecule has 1 aliphatic carbocycles. The Kier molecular flexibility index (Phi) is 7.76. The molecule has 1 aliphatic rings. The van der Waals surface area contributed by atoms with Gasteiger partial charge in [0.05, 0.1) is 16.7 Å². The average Bonchev–Trinajstić information content (AvgIpc) is 2.85. The third-order valence-corrected chi connectivity index (χ3v) is 7.05. The van der Waals surface area contributed by atoms with Crippen molar-refractivity contribution in [3.8, 4) is 16.9 Å². The fraction of sp³-hybridized carbons (Fsp3) is 0.400. The number of hydrogen-bond donors (Lipinski definition) is 0. The minimum Gasteiger partial charge on any atom is -0.451 e. The Morgan fingerprint density at radius 2 is 1.36 bits per heavy atom. The number of unbranched alkanes of at least 4 members (excludes halogenated alkanes) is 2. The quantitative estimate of drug-likeness (QED) is 0.188. The molecule has 0 saturated heterocycles. The first kappa shape index (κ1) is 28.9. The lowest BCUT2D eigenvalue weighted by molar-refractivity contribution is -0.228. The summed E-state index contributed by atoms with van der Waals surface area (Å²) in [6.07, 6.45) is 3.65. The SMILES string of the molecule is CCCCCc1ccc(C(C)(F)Oc2ccc3c(c2F)C(F)(F)C(F)(F)c2c-3ccc(CCC)c2F)c(F)c1. The van der Waals surface area contributed by atoms with Crippen molar-refractivity contribution in [2.24, 2.45) is 0 Å². The van der Waals surface area contributed by atoms with Gasteiger partial charge in [-0.05, 0) is 65.8 Å². The molecule has 1 unspecified atom stereocenters. The van der Waals surface area contributed by atoms with Crippen molar-refractivity contribution in [3.05, 3.63) is 87.7 Å². The van der Waals surface area contributed by atoms with Crippen molar-refractivity contribution >= 4 is 0 Å². The Labute approximate surface area is 221 Å². The van der Waals surface area contributed by atoms with Crippen LogP contribution in [0.3, 0.4) is 0 Å². The van der Waals surface area contributed by atoms with Gasteiger partial charge < -0.3 is 4.74 Å². The van der Waals surface area contributed by atoms with Gasteiger partial charge in [0.2, 0.25) is 0 Å². The number of halogens is 8. The van der Waals surface area contributed by atoms with Gasteiger partial charge in [0.1, 0.15) is 11.6 Å². The molecular weight excluding hydrogens is 528 g/mol. The first-order chi connectivity index (χ1) is 18.3. The Bertz CT molecular complexity index is 1380. The normalized spacial score (nSPS) is 16.8. The highest BCUT2D eigenvalue weighted by molar-refractivity contribution is 5.77. The standard InChI is InChI=1S/C30H28F8O/c1-4-6-7-9-17-10-14-21(22(31)16-17)28(3,34)39-23-15-13-20-19-12-11-18(8-5-2)26(32)24(19)29(35,36)30(37,38)25(20)27(23)33/h10-16H,4-9H2,1-3H3. The van der Waals surface area contributed by atoms with Gasteiger partial charge in [0, 0.05) is 6.92 Å². The van der Waals surface area contributed by atoms with E-state index in [0.717, 1.165) is 56.5 Å². The van der Waals surface area contributed by atoms with Crippen LogP contribution in [0.4, 0.5) is 35.1 Å². The van der Waals surface area contributed by atoms with Gasteiger partial charge in [-0.15, -0.1) is 0 Å². The van der Waals surface area contributed by atoms with Crippen molar-refractivity contribution in [1.29, 1.82) is 0 Å². The van der Waals surface area contributed by atoms with Gasteiger partial charge in [-0.2, -0.15) is 22.0 Å². The smallest absolute Gasteiger partial charge is 0.343 e. The molecule has 1 atom stereocenters. The highest BCUT2D eigenvalue weighted by atomic mass is 19.3. The van der Waals surface area contributed by atoms with Gasteiger partial charge >= 0.3 is 11.8 Å². The van der Waals surface area contributed by atoms with Crippen LogP contribution in [0.15, 0.2) is 42.5 Å². The molecule has 0 aliphatic heterocycles. The molecule has 210 valence electrons. The van der Waals surface area contributed by atoms with Crippen LogP contribution in [0, 0.1) is 17.5 Å². The summed E-state index contributed by atoms with van der Waals surface area (Å²) in [6.45, 7) is 4.44. The summed E-state index contributed by atoms with van der Waals surface area (Å²) in [7, 11) is 0. The molecule has 0 radical (unpaired) electrons. The molecule has 9 heteroatoms. The molecule has 39 heavy (non-hydrogen) atoms. The van der Waals surface area contributed by atoms with Crippen LogP contribution in [-0.4, -0.2) is 0 Å². The summed E-state index contributed by atoms with van der Waals surface area (Å²) in [5, 5.41) is 0. The molecule has 0 saturated carbocycles. The first-order valence-electron chi connectivity index (χ1n) is 12.9.